The van der Waals surface area contributed by atoms with Crippen molar-refractivity contribution in [2.24, 2.45) is 0 Å². The predicted molar refractivity (Wildman–Crippen MR) is 72.5 cm³/mol. The molecule has 0 spiro atoms. The Bertz CT molecular complexity index is 526. The fraction of sp³-hybridized carbons (Fsp3) is 0.333. The number of benzene rings is 1. The van der Waals surface area contributed by atoms with Crippen LogP contribution >= 0.6 is 15.9 Å². The number of halogens is 3. The summed E-state index contributed by atoms with van der Waals surface area (Å²) in [6, 6.07) is 0.665. The Morgan fingerprint density at radius 2 is 2.00 bits per heavy atom. The van der Waals surface area contributed by atoms with Crippen molar-refractivity contribution in [3.05, 3.63) is 28.2 Å². The van der Waals surface area contributed by atoms with E-state index in [1.807, 2.05) is 0 Å². The first-order chi connectivity index (χ1) is 9.29. The predicted octanol–water partition coefficient (Wildman–Crippen LogP) is 3.10. The van der Waals surface area contributed by atoms with E-state index in [9.17, 15) is 18.4 Å². The maximum absolute atomic E-state index is 13.4. The number of hydrogen-bond donors (Lipinski definition) is 3. The summed E-state index contributed by atoms with van der Waals surface area (Å²) >= 11 is 2.88. The van der Waals surface area contributed by atoms with Crippen LogP contribution in [0.3, 0.4) is 0 Å². The van der Waals surface area contributed by atoms with Gasteiger partial charge in [-0.05, 0) is 35.3 Å². The molecular weight excluding hydrogens is 338 g/mol. The van der Waals surface area contributed by atoms with Gasteiger partial charge in [-0.25, -0.2) is 13.6 Å². The highest BCUT2D eigenvalue weighted by Crippen LogP contribution is 2.23. The number of carbonyl (C=O) groups excluding carboxylic acids is 1. The Labute approximate surface area is 122 Å². The molecule has 20 heavy (non-hydrogen) atoms. The lowest BCUT2D eigenvalue weighted by molar-refractivity contribution is -0.137. The zero-order valence-electron chi connectivity index (χ0n) is 10.5. The van der Waals surface area contributed by atoms with Gasteiger partial charge in [0.25, 0.3) is 0 Å². The average Bonchev–Trinajstić information content (AvgIpc) is 2.33. The standard InChI is InChI=1S/C12H13BrF2N2O3/c1-6(2-3-11(18)19)16-12(20)17-10-4-7(13)8(14)5-9(10)15/h4-6H,2-3H2,1H3,(H,18,19)(H2,16,17,20). The van der Waals surface area contributed by atoms with E-state index in [1.165, 1.54) is 0 Å². The fourth-order valence-electron chi connectivity index (χ4n) is 1.41. The van der Waals surface area contributed by atoms with Crippen molar-refractivity contribution in [2.45, 2.75) is 25.8 Å². The SMILES string of the molecule is CC(CCC(=O)O)NC(=O)Nc1cc(Br)c(F)cc1F. The number of aliphatic carboxylic acids is 1. The molecule has 0 aliphatic rings. The average molecular weight is 351 g/mol. The van der Waals surface area contributed by atoms with Gasteiger partial charge in [0.2, 0.25) is 0 Å². The fourth-order valence-corrected chi connectivity index (χ4v) is 1.76. The van der Waals surface area contributed by atoms with Gasteiger partial charge in [-0.3, -0.25) is 4.79 Å². The first kappa shape index (κ1) is 16.4. The summed E-state index contributed by atoms with van der Waals surface area (Å²) in [7, 11) is 0. The van der Waals surface area contributed by atoms with Gasteiger partial charge in [0.1, 0.15) is 11.6 Å². The highest BCUT2D eigenvalue weighted by molar-refractivity contribution is 9.10. The van der Waals surface area contributed by atoms with E-state index >= 15 is 0 Å². The summed E-state index contributed by atoms with van der Waals surface area (Å²) in [6.07, 6.45) is 0.163. The number of nitrogens with one attached hydrogen (secondary N) is 2. The van der Waals surface area contributed by atoms with Gasteiger partial charge in [-0.1, -0.05) is 0 Å². The normalized spacial score (nSPS) is 11.8. The molecule has 8 heteroatoms. The molecular formula is C12H13BrF2N2O3. The minimum Gasteiger partial charge on any atom is -0.481 e. The van der Waals surface area contributed by atoms with E-state index in [2.05, 4.69) is 26.6 Å². The van der Waals surface area contributed by atoms with Gasteiger partial charge in [0, 0.05) is 18.5 Å². The molecule has 0 radical (unpaired) electrons. The van der Waals surface area contributed by atoms with Crippen LogP contribution in [0.15, 0.2) is 16.6 Å². The molecule has 110 valence electrons. The molecule has 0 fully saturated rings. The first-order valence-electron chi connectivity index (χ1n) is 5.73. The number of carbonyl (C=O) groups is 2. The molecule has 0 aliphatic heterocycles. The van der Waals surface area contributed by atoms with E-state index in [1.54, 1.807) is 6.92 Å². The third-order valence-corrected chi connectivity index (χ3v) is 3.03. The van der Waals surface area contributed by atoms with E-state index in [4.69, 9.17) is 5.11 Å². The molecule has 1 rings (SSSR count). The zero-order chi connectivity index (χ0) is 15.3. The summed E-state index contributed by atoms with van der Waals surface area (Å²) in [5, 5.41) is 13.2. The number of amides is 2. The molecule has 0 aliphatic carbocycles. The number of urea groups is 1. The molecule has 1 atom stereocenters. The highest BCUT2D eigenvalue weighted by atomic mass is 79.9. The van der Waals surface area contributed by atoms with Crippen molar-refractivity contribution < 1.29 is 23.5 Å². The van der Waals surface area contributed by atoms with Crippen LogP contribution in [0.25, 0.3) is 0 Å². The van der Waals surface area contributed by atoms with Crippen molar-refractivity contribution in [2.75, 3.05) is 5.32 Å². The number of anilines is 1. The molecule has 1 aromatic rings. The van der Waals surface area contributed by atoms with Crippen molar-refractivity contribution in [3.8, 4) is 0 Å². The smallest absolute Gasteiger partial charge is 0.319 e. The molecule has 0 heterocycles. The topological polar surface area (TPSA) is 78.4 Å². The second-order valence-electron chi connectivity index (χ2n) is 4.18. The molecule has 0 aromatic heterocycles. The van der Waals surface area contributed by atoms with Crippen LogP contribution in [0, 0.1) is 11.6 Å². The Morgan fingerprint density at radius 3 is 2.60 bits per heavy atom. The van der Waals surface area contributed by atoms with Crippen LogP contribution in [-0.2, 0) is 4.79 Å². The van der Waals surface area contributed by atoms with Crippen LogP contribution in [-0.4, -0.2) is 23.1 Å². The van der Waals surface area contributed by atoms with Crippen LogP contribution in [0.4, 0.5) is 19.3 Å². The van der Waals surface area contributed by atoms with Gasteiger partial charge in [0.05, 0.1) is 10.2 Å². The van der Waals surface area contributed by atoms with Gasteiger partial charge in [-0.15, -0.1) is 0 Å². The number of carboxylic acids is 1. The maximum atomic E-state index is 13.4. The van der Waals surface area contributed by atoms with Crippen LogP contribution in [0.5, 0.6) is 0 Å². The van der Waals surface area contributed by atoms with Gasteiger partial charge >= 0.3 is 12.0 Å². The van der Waals surface area contributed by atoms with Gasteiger partial charge in [0.15, 0.2) is 0 Å². The molecule has 2 amide bonds. The molecule has 3 N–H and O–H groups in total. The van der Waals surface area contributed by atoms with Crippen molar-refractivity contribution in [3.63, 3.8) is 0 Å². The lowest BCUT2D eigenvalue weighted by Crippen LogP contribution is -2.36. The minimum atomic E-state index is -0.965. The van der Waals surface area contributed by atoms with Crippen LogP contribution in [0.1, 0.15) is 19.8 Å². The number of carboxylic acid groups (broad SMARTS) is 1. The molecule has 1 aromatic carbocycles. The Kier molecular flexibility index (Phi) is 5.87. The highest BCUT2D eigenvalue weighted by Gasteiger charge is 2.13. The quantitative estimate of drug-likeness (QED) is 0.714. The van der Waals surface area contributed by atoms with Crippen molar-refractivity contribution in [1.82, 2.24) is 5.32 Å². The molecule has 0 bridgehead atoms. The Morgan fingerprint density at radius 1 is 1.35 bits per heavy atom. The number of rotatable bonds is 5. The maximum Gasteiger partial charge on any atom is 0.319 e. The second kappa shape index (κ2) is 7.18. The van der Waals surface area contributed by atoms with Gasteiger partial charge in [-0.2, -0.15) is 0 Å². The third kappa shape index (κ3) is 5.12. The first-order valence-corrected chi connectivity index (χ1v) is 6.52. The van der Waals surface area contributed by atoms with Crippen molar-refractivity contribution >= 4 is 33.6 Å². The lowest BCUT2D eigenvalue weighted by Gasteiger charge is -2.14. The largest absolute Gasteiger partial charge is 0.481 e. The van der Waals surface area contributed by atoms with E-state index in [-0.39, 0.29) is 23.0 Å². The molecule has 5 nitrogen and oxygen atoms in total. The summed E-state index contributed by atoms with van der Waals surface area (Å²) in [4.78, 5) is 21.9. The van der Waals surface area contributed by atoms with Crippen LogP contribution < -0.4 is 10.6 Å². The minimum absolute atomic E-state index is 0.0214. The van der Waals surface area contributed by atoms with Gasteiger partial charge < -0.3 is 15.7 Å². The summed E-state index contributed by atoms with van der Waals surface area (Å²) in [6.45, 7) is 1.62. The monoisotopic (exact) mass is 350 g/mol. The second-order valence-corrected chi connectivity index (χ2v) is 5.03. The summed E-state index contributed by atoms with van der Waals surface area (Å²) < 4.78 is 26.4. The molecule has 0 saturated heterocycles. The van der Waals surface area contributed by atoms with E-state index in [0.29, 0.717) is 6.07 Å². The Hall–Kier alpha value is -1.70. The van der Waals surface area contributed by atoms with Crippen LogP contribution in [0.2, 0.25) is 0 Å². The lowest BCUT2D eigenvalue weighted by atomic mass is 10.2. The zero-order valence-corrected chi connectivity index (χ0v) is 12.1. The van der Waals surface area contributed by atoms with Crippen molar-refractivity contribution in [1.29, 1.82) is 0 Å². The summed E-state index contributed by atoms with van der Waals surface area (Å²) in [5.74, 6) is -2.64. The van der Waals surface area contributed by atoms with E-state index in [0.717, 1.165) is 6.07 Å². The molecule has 0 saturated carbocycles. The third-order valence-electron chi connectivity index (χ3n) is 2.43. The molecule has 1 unspecified atom stereocenters. The van der Waals surface area contributed by atoms with E-state index < -0.39 is 29.7 Å². The Balaban J connectivity index is 2.58. The number of hydrogen-bond acceptors (Lipinski definition) is 2. The summed E-state index contributed by atoms with van der Waals surface area (Å²) in [5.41, 5.74) is -0.179.